The fraction of sp³-hybridized carbons (Fsp3) is 0.467. The van der Waals surface area contributed by atoms with Crippen LogP contribution in [0.15, 0.2) is 23.1 Å². The van der Waals surface area contributed by atoms with Crippen LogP contribution in [-0.4, -0.2) is 23.5 Å². The molecule has 5 heteroatoms. The van der Waals surface area contributed by atoms with Gasteiger partial charge in [-0.15, -0.1) is 11.8 Å². The van der Waals surface area contributed by atoms with E-state index in [4.69, 9.17) is 0 Å². The first kappa shape index (κ1) is 15.0. The van der Waals surface area contributed by atoms with Crippen LogP contribution in [0.5, 0.6) is 0 Å². The molecular weight excluding hydrogens is 277 g/mol. The SMILES string of the molecule is CC(=O)c1ccc(SCC(=O)NC2CCCC2)c(F)c1. The van der Waals surface area contributed by atoms with Gasteiger partial charge in [-0.1, -0.05) is 18.9 Å². The average Bonchev–Trinajstić information content (AvgIpc) is 2.90. The van der Waals surface area contributed by atoms with Gasteiger partial charge in [-0.25, -0.2) is 4.39 Å². The second-order valence-corrected chi connectivity index (χ2v) is 6.06. The molecular formula is C15H18FNO2S. The highest BCUT2D eigenvalue weighted by molar-refractivity contribution is 8.00. The molecule has 2 rings (SSSR count). The molecule has 1 aliphatic carbocycles. The van der Waals surface area contributed by atoms with Gasteiger partial charge in [0.2, 0.25) is 5.91 Å². The number of hydrogen-bond donors (Lipinski definition) is 1. The maximum atomic E-state index is 13.8. The van der Waals surface area contributed by atoms with Gasteiger partial charge in [0.05, 0.1) is 5.75 Å². The zero-order chi connectivity index (χ0) is 14.5. The third-order valence-electron chi connectivity index (χ3n) is 3.42. The van der Waals surface area contributed by atoms with Crippen molar-refractivity contribution in [3.05, 3.63) is 29.6 Å². The normalized spacial score (nSPS) is 15.3. The number of halogens is 1. The van der Waals surface area contributed by atoms with Gasteiger partial charge >= 0.3 is 0 Å². The van der Waals surface area contributed by atoms with Crippen molar-refractivity contribution in [3.8, 4) is 0 Å². The number of hydrogen-bond acceptors (Lipinski definition) is 3. The molecule has 20 heavy (non-hydrogen) atoms. The molecule has 0 radical (unpaired) electrons. The van der Waals surface area contributed by atoms with Crippen LogP contribution < -0.4 is 5.32 Å². The number of carbonyl (C=O) groups is 2. The van der Waals surface area contributed by atoms with Crippen LogP contribution >= 0.6 is 11.8 Å². The third kappa shape index (κ3) is 4.07. The zero-order valence-corrected chi connectivity index (χ0v) is 12.3. The molecule has 0 heterocycles. The van der Waals surface area contributed by atoms with Gasteiger partial charge in [0.15, 0.2) is 5.78 Å². The number of amides is 1. The maximum absolute atomic E-state index is 13.8. The van der Waals surface area contributed by atoms with E-state index in [1.165, 1.54) is 25.8 Å². The van der Waals surface area contributed by atoms with E-state index in [-0.39, 0.29) is 23.5 Å². The van der Waals surface area contributed by atoms with E-state index in [9.17, 15) is 14.0 Å². The molecule has 0 saturated heterocycles. The summed E-state index contributed by atoms with van der Waals surface area (Å²) in [7, 11) is 0. The van der Waals surface area contributed by atoms with Crippen LogP contribution in [0.25, 0.3) is 0 Å². The van der Waals surface area contributed by atoms with Crippen LogP contribution in [0.3, 0.4) is 0 Å². The number of ketones is 1. The van der Waals surface area contributed by atoms with Gasteiger partial charge in [-0.3, -0.25) is 9.59 Å². The number of thioether (sulfide) groups is 1. The Labute approximate surface area is 122 Å². The van der Waals surface area contributed by atoms with Crippen molar-refractivity contribution in [3.63, 3.8) is 0 Å². The first-order valence-electron chi connectivity index (χ1n) is 6.79. The Balaban J connectivity index is 1.86. The Hall–Kier alpha value is -1.36. The molecule has 0 aromatic heterocycles. The average molecular weight is 295 g/mol. The summed E-state index contributed by atoms with van der Waals surface area (Å²) >= 11 is 1.16. The molecule has 0 unspecified atom stereocenters. The zero-order valence-electron chi connectivity index (χ0n) is 11.4. The predicted molar refractivity (Wildman–Crippen MR) is 77.5 cm³/mol. The number of Topliss-reactive ketones (excluding diaryl/α,β-unsaturated/α-hetero) is 1. The van der Waals surface area contributed by atoms with E-state index in [1.807, 2.05) is 0 Å². The van der Waals surface area contributed by atoms with Crippen molar-refractivity contribution < 1.29 is 14.0 Å². The van der Waals surface area contributed by atoms with Crippen LogP contribution in [-0.2, 0) is 4.79 Å². The lowest BCUT2D eigenvalue weighted by Crippen LogP contribution is -2.33. The predicted octanol–water partition coefficient (Wildman–Crippen LogP) is 3.18. The molecule has 1 aromatic rings. The molecule has 1 N–H and O–H groups in total. The molecule has 1 aliphatic rings. The molecule has 108 valence electrons. The second kappa shape index (κ2) is 6.88. The van der Waals surface area contributed by atoms with Gasteiger partial charge in [0.25, 0.3) is 0 Å². The highest BCUT2D eigenvalue weighted by Gasteiger charge is 2.17. The molecule has 0 aliphatic heterocycles. The Morgan fingerprint density at radius 3 is 2.65 bits per heavy atom. The van der Waals surface area contributed by atoms with Crippen LogP contribution in [0.4, 0.5) is 4.39 Å². The smallest absolute Gasteiger partial charge is 0.230 e. The lowest BCUT2D eigenvalue weighted by Gasteiger charge is -2.11. The lowest BCUT2D eigenvalue weighted by molar-refractivity contribution is -0.119. The first-order valence-corrected chi connectivity index (χ1v) is 7.77. The van der Waals surface area contributed by atoms with Crippen molar-refractivity contribution in [2.45, 2.75) is 43.5 Å². The standard InChI is InChI=1S/C15H18FNO2S/c1-10(18)11-6-7-14(13(16)8-11)20-9-15(19)17-12-4-2-3-5-12/h6-8,12H,2-5,9H2,1H3,(H,17,19). The molecule has 1 amide bonds. The highest BCUT2D eigenvalue weighted by atomic mass is 32.2. The van der Waals surface area contributed by atoms with Gasteiger partial charge in [0, 0.05) is 16.5 Å². The topological polar surface area (TPSA) is 46.2 Å². The largest absolute Gasteiger partial charge is 0.353 e. The Kier molecular flexibility index (Phi) is 5.17. The number of rotatable bonds is 5. The van der Waals surface area contributed by atoms with Crippen LogP contribution in [0, 0.1) is 5.82 Å². The minimum Gasteiger partial charge on any atom is -0.353 e. The fourth-order valence-corrected chi connectivity index (χ4v) is 3.05. The van der Waals surface area contributed by atoms with Gasteiger partial charge < -0.3 is 5.32 Å². The van der Waals surface area contributed by atoms with Crippen molar-refractivity contribution in [2.75, 3.05) is 5.75 Å². The van der Waals surface area contributed by atoms with E-state index in [0.29, 0.717) is 10.5 Å². The van der Waals surface area contributed by atoms with Crippen molar-refractivity contribution in [1.29, 1.82) is 0 Å². The third-order valence-corrected chi connectivity index (χ3v) is 4.47. The Morgan fingerprint density at radius 1 is 1.35 bits per heavy atom. The van der Waals surface area contributed by atoms with Gasteiger partial charge in [0.1, 0.15) is 5.82 Å². The summed E-state index contributed by atoms with van der Waals surface area (Å²) in [6, 6.07) is 4.65. The first-order chi connectivity index (χ1) is 9.56. The quantitative estimate of drug-likeness (QED) is 0.670. The highest BCUT2D eigenvalue weighted by Crippen LogP contribution is 2.23. The Bertz CT molecular complexity index is 513. The monoisotopic (exact) mass is 295 g/mol. The van der Waals surface area contributed by atoms with E-state index in [0.717, 1.165) is 24.6 Å². The van der Waals surface area contributed by atoms with Crippen molar-refractivity contribution >= 4 is 23.5 Å². The van der Waals surface area contributed by atoms with E-state index in [2.05, 4.69) is 5.32 Å². The molecule has 1 aromatic carbocycles. The summed E-state index contributed by atoms with van der Waals surface area (Å²) in [6.07, 6.45) is 4.41. The Morgan fingerprint density at radius 2 is 2.05 bits per heavy atom. The molecule has 1 fully saturated rings. The van der Waals surface area contributed by atoms with Crippen molar-refractivity contribution in [2.24, 2.45) is 0 Å². The maximum Gasteiger partial charge on any atom is 0.230 e. The summed E-state index contributed by atoms with van der Waals surface area (Å²) in [4.78, 5) is 23.3. The van der Waals surface area contributed by atoms with Gasteiger partial charge in [-0.2, -0.15) is 0 Å². The molecule has 0 atom stereocenters. The summed E-state index contributed by atoms with van der Waals surface area (Å²) in [5, 5.41) is 2.96. The molecule has 0 bridgehead atoms. The second-order valence-electron chi connectivity index (χ2n) is 5.04. The van der Waals surface area contributed by atoms with Crippen LogP contribution in [0.2, 0.25) is 0 Å². The minimum absolute atomic E-state index is 0.0584. The number of benzene rings is 1. The molecule has 3 nitrogen and oxygen atoms in total. The molecule has 1 saturated carbocycles. The lowest BCUT2D eigenvalue weighted by atomic mass is 10.1. The van der Waals surface area contributed by atoms with Crippen LogP contribution in [0.1, 0.15) is 43.0 Å². The summed E-state index contributed by atoms with van der Waals surface area (Å²) < 4.78 is 13.8. The fourth-order valence-electron chi connectivity index (χ4n) is 2.32. The summed E-state index contributed by atoms with van der Waals surface area (Å²) in [5.41, 5.74) is 0.349. The van der Waals surface area contributed by atoms with E-state index >= 15 is 0 Å². The van der Waals surface area contributed by atoms with Crippen molar-refractivity contribution in [1.82, 2.24) is 5.32 Å². The number of carbonyl (C=O) groups excluding carboxylic acids is 2. The molecule has 0 spiro atoms. The summed E-state index contributed by atoms with van der Waals surface area (Å²) in [6.45, 7) is 1.40. The summed E-state index contributed by atoms with van der Waals surface area (Å²) in [5.74, 6) is -0.472. The minimum atomic E-state index is -0.448. The van der Waals surface area contributed by atoms with E-state index < -0.39 is 5.82 Å². The van der Waals surface area contributed by atoms with E-state index in [1.54, 1.807) is 12.1 Å². The van der Waals surface area contributed by atoms with Gasteiger partial charge in [-0.05, 0) is 31.9 Å². The number of nitrogens with one attached hydrogen (secondary N) is 1.